The number of nitrogen functional groups attached to an aromatic ring is 2. The highest BCUT2D eigenvalue weighted by molar-refractivity contribution is 5.84. The van der Waals surface area contributed by atoms with Crippen LogP contribution in [0.1, 0.15) is 0 Å². The number of fused-ring (bicyclic) bond motifs is 1. The lowest BCUT2D eigenvalue weighted by Crippen LogP contribution is -2.01. The van der Waals surface area contributed by atoms with Crippen molar-refractivity contribution in [3.63, 3.8) is 0 Å². The van der Waals surface area contributed by atoms with Gasteiger partial charge in [0.2, 0.25) is 5.95 Å². The highest BCUT2D eigenvalue weighted by Gasteiger charge is 2.04. The average Bonchev–Trinajstić information content (AvgIpc) is 2.02. The van der Waals surface area contributed by atoms with Crippen molar-refractivity contribution < 1.29 is 4.39 Å². The fraction of sp³-hybridized carbons (Fsp3) is 0. The lowest BCUT2D eigenvalue weighted by atomic mass is 10.3. The second-order valence-electron chi connectivity index (χ2n) is 2.49. The first-order valence-corrected chi connectivity index (χ1v) is 3.51. The molecule has 2 heterocycles. The van der Waals surface area contributed by atoms with Crippen LogP contribution in [-0.4, -0.2) is 15.0 Å². The van der Waals surface area contributed by atoms with Gasteiger partial charge in [0.05, 0.1) is 11.7 Å². The summed E-state index contributed by atoms with van der Waals surface area (Å²) in [5, 5.41) is 0. The maximum atomic E-state index is 12.7. The zero-order chi connectivity index (χ0) is 9.42. The average molecular weight is 179 g/mol. The number of halogens is 1. The van der Waals surface area contributed by atoms with E-state index in [9.17, 15) is 4.39 Å². The molecule has 0 saturated carbocycles. The summed E-state index contributed by atoms with van der Waals surface area (Å²) in [5.41, 5.74) is 11.5. The van der Waals surface area contributed by atoms with Gasteiger partial charge in [-0.05, 0) is 0 Å². The molecule has 2 rings (SSSR count). The van der Waals surface area contributed by atoms with Gasteiger partial charge in [0, 0.05) is 6.07 Å². The van der Waals surface area contributed by atoms with Gasteiger partial charge >= 0.3 is 0 Å². The molecule has 0 amide bonds. The summed E-state index contributed by atoms with van der Waals surface area (Å²) < 4.78 is 12.7. The summed E-state index contributed by atoms with van der Waals surface area (Å²) in [6, 6.07) is 1.21. The Balaban J connectivity index is 2.86. The molecule has 0 spiro atoms. The molecule has 0 bridgehead atoms. The fourth-order valence-electron chi connectivity index (χ4n) is 1.04. The summed E-state index contributed by atoms with van der Waals surface area (Å²) in [6.07, 6.45) is 1.05. The predicted molar refractivity (Wildman–Crippen MR) is 46.1 cm³/mol. The van der Waals surface area contributed by atoms with Crippen LogP contribution >= 0.6 is 0 Å². The van der Waals surface area contributed by atoms with E-state index in [1.54, 1.807) is 0 Å². The molecule has 0 fully saturated rings. The number of hydrogen-bond acceptors (Lipinski definition) is 5. The van der Waals surface area contributed by atoms with Crippen LogP contribution in [0.4, 0.5) is 16.2 Å². The van der Waals surface area contributed by atoms with Crippen molar-refractivity contribution in [2.45, 2.75) is 0 Å². The summed E-state index contributed by atoms with van der Waals surface area (Å²) in [5.74, 6) is -0.315. The smallest absolute Gasteiger partial charge is 0.222 e. The Labute approximate surface area is 72.6 Å². The highest BCUT2D eigenvalue weighted by atomic mass is 19.1. The van der Waals surface area contributed by atoms with Crippen molar-refractivity contribution in [1.82, 2.24) is 15.0 Å². The second kappa shape index (κ2) is 2.51. The van der Waals surface area contributed by atoms with Crippen LogP contribution in [0.3, 0.4) is 0 Å². The van der Waals surface area contributed by atoms with E-state index in [4.69, 9.17) is 11.5 Å². The van der Waals surface area contributed by atoms with Crippen LogP contribution in [0.2, 0.25) is 0 Å². The third-order valence-electron chi connectivity index (χ3n) is 1.55. The Hall–Kier alpha value is -1.98. The lowest BCUT2D eigenvalue weighted by Gasteiger charge is -2.00. The second-order valence-corrected chi connectivity index (χ2v) is 2.49. The quantitative estimate of drug-likeness (QED) is 0.608. The SMILES string of the molecule is Nc1nc(N)c2ncc(F)cc2n1. The van der Waals surface area contributed by atoms with E-state index in [-0.39, 0.29) is 11.8 Å². The first kappa shape index (κ1) is 7.66. The molecular weight excluding hydrogens is 173 g/mol. The number of pyridine rings is 1. The molecule has 0 aromatic carbocycles. The molecule has 0 aliphatic rings. The Morgan fingerprint density at radius 2 is 2.00 bits per heavy atom. The fourth-order valence-corrected chi connectivity index (χ4v) is 1.04. The zero-order valence-corrected chi connectivity index (χ0v) is 6.53. The van der Waals surface area contributed by atoms with Gasteiger partial charge in [-0.15, -0.1) is 0 Å². The van der Waals surface area contributed by atoms with Crippen molar-refractivity contribution >= 4 is 22.8 Å². The van der Waals surface area contributed by atoms with E-state index in [2.05, 4.69) is 15.0 Å². The summed E-state index contributed by atoms with van der Waals surface area (Å²) in [4.78, 5) is 11.2. The molecule has 66 valence electrons. The normalized spacial score (nSPS) is 10.5. The molecule has 0 radical (unpaired) electrons. The van der Waals surface area contributed by atoms with Crippen molar-refractivity contribution in [3.05, 3.63) is 18.1 Å². The first-order chi connectivity index (χ1) is 6.16. The lowest BCUT2D eigenvalue weighted by molar-refractivity contribution is 0.624. The third-order valence-corrected chi connectivity index (χ3v) is 1.55. The summed E-state index contributed by atoms with van der Waals surface area (Å²) in [7, 11) is 0. The number of anilines is 2. The highest BCUT2D eigenvalue weighted by Crippen LogP contribution is 2.16. The molecule has 2 aromatic heterocycles. The molecule has 2 aromatic rings. The van der Waals surface area contributed by atoms with Crippen molar-refractivity contribution in [3.8, 4) is 0 Å². The Bertz CT molecular complexity index is 464. The first-order valence-electron chi connectivity index (χ1n) is 3.51. The van der Waals surface area contributed by atoms with Crippen LogP contribution in [0, 0.1) is 5.82 Å². The van der Waals surface area contributed by atoms with Gasteiger partial charge in [-0.3, -0.25) is 0 Å². The van der Waals surface area contributed by atoms with Gasteiger partial charge in [0.15, 0.2) is 5.82 Å². The van der Waals surface area contributed by atoms with Crippen LogP contribution in [0.25, 0.3) is 11.0 Å². The molecule has 0 atom stereocenters. The molecule has 6 heteroatoms. The van der Waals surface area contributed by atoms with Gasteiger partial charge in [-0.25, -0.2) is 14.4 Å². The van der Waals surface area contributed by atoms with E-state index >= 15 is 0 Å². The van der Waals surface area contributed by atoms with Crippen LogP contribution < -0.4 is 11.5 Å². The molecule has 0 unspecified atom stereocenters. The van der Waals surface area contributed by atoms with Crippen LogP contribution in [-0.2, 0) is 0 Å². The van der Waals surface area contributed by atoms with E-state index in [0.717, 1.165) is 6.20 Å². The monoisotopic (exact) mass is 179 g/mol. The third kappa shape index (κ3) is 1.22. The minimum Gasteiger partial charge on any atom is -0.382 e. The molecule has 13 heavy (non-hydrogen) atoms. The summed E-state index contributed by atoms with van der Waals surface area (Å²) in [6.45, 7) is 0. The predicted octanol–water partition coefficient (Wildman–Crippen LogP) is 0.328. The van der Waals surface area contributed by atoms with Crippen LogP contribution in [0.15, 0.2) is 12.3 Å². The van der Waals surface area contributed by atoms with Crippen LogP contribution in [0.5, 0.6) is 0 Å². The molecule has 0 aliphatic carbocycles. The van der Waals surface area contributed by atoms with E-state index in [1.165, 1.54) is 6.07 Å². The number of hydrogen-bond donors (Lipinski definition) is 2. The van der Waals surface area contributed by atoms with Crippen molar-refractivity contribution in [2.24, 2.45) is 0 Å². The van der Waals surface area contributed by atoms with Crippen molar-refractivity contribution in [1.29, 1.82) is 0 Å². The van der Waals surface area contributed by atoms with E-state index < -0.39 is 5.82 Å². The molecule has 5 nitrogen and oxygen atoms in total. The molecule has 4 N–H and O–H groups in total. The number of aromatic nitrogens is 3. The minimum absolute atomic E-state index is 0.0115. The molecule has 0 saturated heterocycles. The zero-order valence-electron chi connectivity index (χ0n) is 6.53. The number of nitrogens with two attached hydrogens (primary N) is 2. The van der Waals surface area contributed by atoms with Crippen molar-refractivity contribution in [2.75, 3.05) is 11.5 Å². The number of rotatable bonds is 0. The standard InChI is InChI=1S/C7H6FN5/c8-3-1-4-5(11-2-3)6(9)13-7(10)12-4/h1-2H,(H4,9,10,12,13). The Kier molecular flexibility index (Phi) is 1.48. The number of nitrogens with zero attached hydrogens (tertiary/aromatic N) is 3. The van der Waals surface area contributed by atoms with E-state index in [0.29, 0.717) is 11.0 Å². The van der Waals surface area contributed by atoms with Gasteiger partial charge < -0.3 is 11.5 Å². The maximum absolute atomic E-state index is 12.7. The van der Waals surface area contributed by atoms with Gasteiger partial charge in [0.1, 0.15) is 11.3 Å². The summed E-state index contributed by atoms with van der Waals surface area (Å²) >= 11 is 0. The maximum Gasteiger partial charge on any atom is 0.222 e. The Morgan fingerprint density at radius 1 is 1.23 bits per heavy atom. The topological polar surface area (TPSA) is 90.7 Å². The Morgan fingerprint density at radius 3 is 2.77 bits per heavy atom. The van der Waals surface area contributed by atoms with Gasteiger partial charge in [-0.1, -0.05) is 0 Å². The van der Waals surface area contributed by atoms with Gasteiger partial charge in [-0.2, -0.15) is 4.98 Å². The molecular formula is C7H6FN5. The minimum atomic E-state index is -0.481. The van der Waals surface area contributed by atoms with E-state index in [1.807, 2.05) is 0 Å². The molecule has 0 aliphatic heterocycles. The largest absolute Gasteiger partial charge is 0.382 e. The van der Waals surface area contributed by atoms with Gasteiger partial charge in [0.25, 0.3) is 0 Å².